The van der Waals surface area contributed by atoms with Crippen LogP contribution < -0.4 is 10.2 Å². The fourth-order valence-electron chi connectivity index (χ4n) is 8.94. The molecule has 428 valence electrons. The van der Waals surface area contributed by atoms with Crippen molar-refractivity contribution in [3.05, 3.63) is 48.6 Å². The largest absolute Gasteiger partial charge is 0.756 e. The summed E-state index contributed by atoms with van der Waals surface area (Å²) in [5, 5.41) is 3.02. The lowest BCUT2D eigenvalue weighted by molar-refractivity contribution is -0.870. The molecule has 0 radical (unpaired) electrons. The predicted molar refractivity (Wildman–Crippen MR) is 312 cm³/mol. The molecule has 0 fully saturated rings. The van der Waals surface area contributed by atoms with Crippen molar-refractivity contribution in [3.63, 3.8) is 0 Å². The van der Waals surface area contributed by atoms with E-state index in [0.29, 0.717) is 17.4 Å². The highest BCUT2D eigenvalue weighted by Gasteiger charge is 2.27. The number of carbonyl (C=O) groups is 2. The van der Waals surface area contributed by atoms with Crippen LogP contribution in [0.3, 0.4) is 0 Å². The lowest BCUT2D eigenvalue weighted by Gasteiger charge is -2.30. The monoisotopic (exact) mass is 1050 g/mol. The molecule has 1 N–H and O–H groups in total. The Kier molecular flexibility index (Phi) is 51.9. The predicted octanol–water partition coefficient (Wildman–Crippen LogP) is 18.3. The Bertz CT molecular complexity index is 1390. The van der Waals surface area contributed by atoms with Crippen molar-refractivity contribution >= 4 is 19.7 Å². The minimum Gasteiger partial charge on any atom is -0.756 e. The maximum atomic E-state index is 13.4. The average molecular weight is 1050 g/mol. The smallest absolute Gasteiger partial charge is 0.306 e. The van der Waals surface area contributed by atoms with Crippen molar-refractivity contribution in [1.82, 2.24) is 5.32 Å². The number of likely N-dealkylation sites (N-methyl/N-ethyl adjacent to an activating group) is 1. The Morgan fingerprint density at radius 1 is 0.479 bits per heavy atom. The molecule has 0 aromatic heterocycles. The maximum absolute atomic E-state index is 13.4. The fourth-order valence-corrected chi connectivity index (χ4v) is 9.66. The van der Waals surface area contributed by atoms with Gasteiger partial charge in [0.15, 0.2) is 0 Å². The molecule has 0 bridgehead atoms. The summed E-state index contributed by atoms with van der Waals surface area (Å²) in [6, 6.07) is -0.884. The van der Waals surface area contributed by atoms with Crippen LogP contribution in [0.2, 0.25) is 0 Å². The van der Waals surface area contributed by atoms with Gasteiger partial charge < -0.3 is 28.5 Å². The van der Waals surface area contributed by atoms with E-state index < -0.39 is 20.0 Å². The van der Waals surface area contributed by atoms with Gasteiger partial charge in [0.05, 0.1) is 33.8 Å². The van der Waals surface area contributed by atoms with Gasteiger partial charge in [0.2, 0.25) is 5.91 Å². The Balaban J connectivity index is 5.04. The first kappa shape index (κ1) is 71.0. The van der Waals surface area contributed by atoms with E-state index in [-0.39, 0.29) is 31.5 Å². The first-order valence-corrected chi connectivity index (χ1v) is 32.4. The molecule has 0 saturated carbocycles. The molecular weight excluding hydrogens is 928 g/mol. The number of carbonyl (C=O) groups excluding carboxylic acids is 2. The van der Waals surface area contributed by atoms with Crippen molar-refractivity contribution in [2.45, 2.75) is 303 Å². The number of phosphoric ester groups is 1. The summed E-state index contributed by atoms with van der Waals surface area (Å²) in [4.78, 5) is 39.8. The number of amides is 1. The van der Waals surface area contributed by atoms with Gasteiger partial charge in [-0.3, -0.25) is 14.2 Å². The minimum atomic E-state index is -4.69. The number of hydrogen-bond acceptors (Lipinski definition) is 7. The van der Waals surface area contributed by atoms with Crippen LogP contribution in [0.4, 0.5) is 0 Å². The molecule has 0 aliphatic rings. The zero-order valence-corrected chi connectivity index (χ0v) is 49.7. The highest BCUT2D eigenvalue weighted by atomic mass is 31.2. The van der Waals surface area contributed by atoms with Gasteiger partial charge in [0.1, 0.15) is 19.3 Å². The SMILES string of the molecule is CCCCC/C=C\C/C=C\C/C=C\CCCCCCCCCCCCCCC(=O)OC(/C=C\CCCCCCCCCCC)C(COP(=O)([O-])OCC[N+](C)(C)C)NC(=O)CCCCCCCCCCCCC. The quantitative estimate of drug-likeness (QED) is 0.0212. The Hall–Kier alpha value is -2.03. The molecule has 0 saturated heterocycles. The van der Waals surface area contributed by atoms with E-state index in [1.165, 1.54) is 186 Å². The van der Waals surface area contributed by atoms with E-state index in [1.807, 2.05) is 33.3 Å². The van der Waals surface area contributed by atoms with Gasteiger partial charge in [-0.2, -0.15) is 0 Å². The molecule has 0 heterocycles. The number of nitrogens with zero attached hydrogens (tertiary/aromatic N) is 1. The van der Waals surface area contributed by atoms with E-state index in [9.17, 15) is 19.0 Å². The van der Waals surface area contributed by atoms with Crippen LogP contribution in [-0.4, -0.2) is 69.4 Å². The topological polar surface area (TPSA) is 114 Å². The second-order valence-corrected chi connectivity index (χ2v) is 23.6. The number of quaternary nitrogens is 1. The van der Waals surface area contributed by atoms with Gasteiger partial charge in [-0.05, 0) is 70.3 Å². The van der Waals surface area contributed by atoms with Gasteiger partial charge in [0, 0.05) is 12.8 Å². The molecular formula is C63H119N2O7P. The van der Waals surface area contributed by atoms with Gasteiger partial charge in [-0.25, -0.2) is 0 Å². The number of esters is 1. The van der Waals surface area contributed by atoms with E-state index in [1.54, 1.807) is 0 Å². The zero-order valence-electron chi connectivity index (χ0n) is 48.8. The van der Waals surface area contributed by atoms with Gasteiger partial charge >= 0.3 is 5.97 Å². The van der Waals surface area contributed by atoms with Crippen LogP contribution in [0.15, 0.2) is 48.6 Å². The van der Waals surface area contributed by atoms with Gasteiger partial charge in [-0.1, -0.05) is 256 Å². The van der Waals surface area contributed by atoms with Crippen molar-refractivity contribution in [1.29, 1.82) is 0 Å². The number of unbranched alkanes of at least 4 members (excludes halogenated alkanes) is 34. The molecule has 0 spiro atoms. The molecule has 1 amide bonds. The molecule has 0 aromatic carbocycles. The number of nitrogens with one attached hydrogen (secondary N) is 1. The summed E-state index contributed by atoms with van der Waals surface area (Å²) in [6.45, 7) is 6.82. The lowest BCUT2D eigenvalue weighted by Crippen LogP contribution is -2.47. The van der Waals surface area contributed by atoms with Crippen molar-refractivity contribution in [2.75, 3.05) is 40.9 Å². The standard InChI is InChI=1S/C63H119N2O7P/c1-7-10-13-16-19-22-25-26-27-28-29-30-31-32-33-34-35-36-37-38-41-44-47-50-53-56-63(67)72-61(54-51-48-45-42-39-23-20-17-14-11-8-2)60(59-71-73(68,69)70-58-57-65(4,5)6)64-62(66)55-52-49-46-43-40-24-21-18-15-12-9-3/h19,22,26-27,29-30,51,54,60-61H,7-18,20-21,23-25,28,31-50,52-53,55-59H2,1-6H3,(H-,64,66,68,69)/b22-19-,27-26-,30-29-,54-51-. The molecule has 3 unspecified atom stereocenters. The second kappa shape index (κ2) is 53.4. The summed E-state index contributed by atoms with van der Waals surface area (Å²) in [5.41, 5.74) is 0. The van der Waals surface area contributed by atoms with Crippen LogP contribution in [-0.2, 0) is 27.9 Å². The van der Waals surface area contributed by atoms with E-state index in [0.717, 1.165) is 70.6 Å². The number of ether oxygens (including phenoxy) is 1. The zero-order chi connectivity index (χ0) is 53.6. The molecule has 0 aliphatic carbocycles. The van der Waals surface area contributed by atoms with Crippen molar-refractivity contribution in [2.24, 2.45) is 0 Å². The third kappa shape index (κ3) is 54.6. The number of hydrogen-bond donors (Lipinski definition) is 1. The van der Waals surface area contributed by atoms with Crippen LogP contribution in [0.1, 0.15) is 290 Å². The molecule has 0 aliphatic heterocycles. The maximum Gasteiger partial charge on any atom is 0.306 e. The Morgan fingerprint density at radius 3 is 1.27 bits per heavy atom. The molecule has 73 heavy (non-hydrogen) atoms. The Labute approximate surface area is 452 Å². The highest BCUT2D eigenvalue weighted by Crippen LogP contribution is 2.38. The van der Waals surface area contributed by atoms with E-state index in [2.05, 4.69) is 62.5 Å². The normalized spacial score (nSPS) is 14.0. The Morgan fingerprint density at radius 2 is 0.836 bits per heavy atom. The first-order valence-electron chi connectivity index (χ1n) is 30.9. The van der Waals surface area contributed by atoms with Crippen LogP contribution >= 0.6 is 7.82 Å². The summed E-state index contributed by atoms with van der Waals surface area (Å²) < 4.78 is 30.2. The first-order chi connectivity index (χ1) is 35.4. The summed E-state index contributed by atoms with van der Waals surface area (Å²) in [7, 11) is 1.19. The van der Waals surface area contributed by atoms with Gasteiger partial charge in [-0.15, -0.1) is 0 Å². The third-order valence-electron chi connectivity index (χ3n) is 13.8. The summed E-state index contributed by atoms with van der Waals surface area (Å²) >= 11 is 0. The summed E-state index contributed by atoms with van der Waals surface area (Å²) in [5.74, 6) is -0.536. The fraction of sp³-hybridized carbons (Fsp3) is 0.841. The average Bonchev–Trinajstić information content (AvgIpc) is 3.35. The molecule has 0 rings (SSSR count). The van der Waals surface area contributed by atoms with E-state index in [4.69, 9.17) is 13.8 Å². The van der Waals surface area contributed by atoms with Crippen molar-refractivity contribution < 1.29 is 37.3 Å². The molecule has 3 atom stereocenters. The summed E-state index contributed by atoms with van der Waals surface area (Å²) in [6.07, 6.45) is 65.1. The van der Waals surface area contributed by atoms with Crippen LogP contribution in [0, 0.1) is 0 Å². The lowest BCUT2D eigenvalue weighted by atomic mass is 10.0. The highest BCUT2D eigenvalue weighted by molar-refractivity contribution is 7.45. The van der Waals surface area contributed by atoms with Crippen LogP contribution in [0.25, 0.3) is 0 Å². The second-order valence-electron chi connectivity index (χ2n) is 22.2. The molecule has 0 aromatic rings. The molecule has 9 nitrogen and oxygen atoms in total. The van der Waals surface area contributed by atoms with Gasteiger partial charge in [0.25, 0.3) is 7.82 Å². The third-order valence-corrected chi connectivity index (χ3v) is 14.7. The number of allylic oxidation sites excluding steroid dienone is 7. The number of rotatable bonds is 56. The number of phosphoric acid groups is 1. The van der Waals surface area contributed by atoms with Crippen molar-refractivity contribution in [3.8, 4) is 0 Å². The van der Waals surface area contributed by atoms with Crippen LogP contribution in [0.5, 0.6) is 0 Å². The molecule has 10 heteroatoms. The van der Waals surface area contributed by atoms with E-state index >= 15 is 0 Å². The minimum absolute atomic E-state index is 0.0211.